The van der Waals surface area contributed by atoms with E-state index in [1.54, 1.807) is 4.90 Å². The van der Waals surface area contributed by atoms with Gasteiger partial charge in [0.2, 0.25) is 0 Å². The Labute approximate surface area is 105 Å². The van der Waals surface area contributed by atoms with E-state index in [-0.39, 0.29) is 23.3 Å². The van der Waals surface area contributed by atoms with E-state index in [9.17, 15) is 9.59 Å². The Hall–Kier alpha value is -1.78. The third-order valence-electron chi connectivity index (χ3n) is 3.39. The van der Waals surface area contributed by atoms with Crippen LogP contribution in [0.15, 0.2) is 16.7 Å². The lowest BCUT2D eigenvalue weighted by molar-refractivity contribution is 0.0667. The van der Waals surface area contributed by atoms with Crippen LogP contribution in [0.25, 0.3) is 0 Å². The zero-order chi connectivity index (χ0) is 13.3. The summed E-state index contributed by atoms with van der Waals surface area (Å²) in [7, 11) is 0. The number of carbonyl (C=O) groups is 2. The molecular formula is C13H17NO4. The summed E-state index contributed by atoms with van der Waals surface area (Å²) < 4.78 is 5.06. The number of likely N-dealkylation sites (tertiary alicyclic amines) is 1. The molecule has 0 spiro atoms. The zero-order valence-corrected chi connectivity index (χ0v) is 10.5. The van der Waals surface area contributed by atoms with E-state index >= 15 is 0 Å². The summed E-state index contributed by atoms with van der Waals surface area (Å²) in [5, 5.41) is 8.80. The quantitative estimate of drug-likeness (QED) is 0.894. The topological polar surface area (TPSA) is 70.8 Å². The molecule has 1 fully saturated rings. The molecule has 5 heteroatoms. The summed E-state index contributed by atoms with van der Waals surface area (Å²) in [6.07, 6.45) is 3.09. The molecule has 5 nitrogen and oxygen atoms in total. The molecule has 1 aromatic heterocycles. The van der Waals surface area contributed by atoms with Gasteiger partial charge in [0.25, 0.3) is 5.91 Å². The third-order valence-corrected chi connectivity index (χ3v) is 3.39. The van der Waals surface area contributed by atoms with Crippen LogP contribution in [0.5, 0.6) is 0 Å². The maximum atomic E-state index is 12.2. The molecule has 1 unspecified atom stereocenters. The summed E-state index contributed by atoms with van der Waals surface area (Å²) in [5.41, 5.74) is 0.0126. The molecule has 1 N–H and O–H groups in total. The van der Waals surface area contributed by atoms with Crippen molar-refractivity contribution in [3.63, 3.8) is 0 Å². The minimum Gasteiger partial charge on any atom is -0.478 e. The Balaban J connectivity index is 2.17. The van der Waals surface area contributed by atoms with Gasteiger partial charge in [-0.15, -0.1) is 0 Å². The summed E-state index contributed by atoms with van der Waals surface area (Å²) in [4.78, 5) is 24.8. The van der Waals surface area contributed by atoms with Crippen LogP contribution in [-0.4, -0.2) is 34.5 Å². The van der Waals surface area contributed by atoms with E-state index in [0.717, 1.165) is 19.1 Å². The van der Waals surface area contributed by atoms with Gasteiger partial charge in [0.1, 0.15) is 6.26 Å². The largest absolute Gasteiger partial charge is 0.478 e. The molecule has 18 heavy (non-hydrogen) atoms. The number of hydrogen-bond donors (Lipinski definition) is 1. The molecule has 0 aliphatic carbocycles. The Morgan fingerprint density at radius 2 is 2.22 bits per heavy atom. The average Bonchev–Trinajstić information content (AvgIpc) is 2.97. The molecule has 0 radical (unpaired) electrons. The summed E-state index contributed by atoms with van der Waals surface area (Å²) in [6, 6.07) is 1.51. The van der Waals surface area contributed by atoms with Crippen LogP contribution in [0.4, 0.5) is 0 Å². The van der Waals surface area contributed by atoms with Crippen molar-refractivity contribution in [2.75, 3.05) is 6.54 Å². The average molecular weight is 251 g/mol. The maximum absolute atomic E-state index is 12.2. The molecule has 1 aliphatic heterocycles. The molecule has 2 heterocycles. The first-order valence-corrected chi connectivity index (χ1v) is 6.13. The molecule has 0 aromatic carbocycles. The van der Waals surface area contributed by atoms with Crippen molar-refractivity contribution < 1.29 is 19.1 Å². The van der Waals surface area contributed by atoms with Crippen molar-refractivity contribution in [2.24, 2.45) is 5.92 Å². The number of furan rings is 1. The van der Waals surface area contributed by atoms with Crippen LogP contribution in [0.1, 0.15) is 47.6 Å². The summed E-state index contributed by atoms with van der Waals surface area (Å²) in [5.74, 6) is -0.788. The highest BCUT2D eigenvalue weighted by Gasteiger charge is 2.32. The fraction of sp³-hybridized carbons (Fsp3) is 0.538. The molecule has 1 aliphatic rings. The molecule has 2 rings (SSSR count). The van der Waals surface area contributed by atoms with Gasteiger partial charge in [-0.1, -0.05) is 13.8 Å². The highest BCUT2D eigenvalue weighted by molar-refractivity contribution is 5.95. The van der Waals surface area contributed by atoms with Crippen LogP contribution in [0, 0.1) is 5.92 Å². The number of aromatic carboxylic acids is 1. The lowest BCUT2D eigenvalue weighted by Crippen LogP contribution is -2.38. The number of hydrogen-bond acceptors (Lipinski definition) is 3. The van der Waals surface area contributed by atoms with Crippen molar-refractivity contribution in [1.29, 1.82) is 0 Å². The fourth-order valence-electron chi connectivity index (χ4n) is 2.44. The van der Waals surface area contributed by atoms with Crippen molar-refractivity contribution in [3.8, 4) is 0 Å². The molecule has 1 aromatic rings. The normalized spacial score (nSPS) is 19.5. The van der Waals surface area contributed by atoms with Gasteiger partial charge >= 0.3 is 5.97 Å². The minimum absolute atomic E-state index is 0.0126. The standard InChI is InChI=1S/C13H17NO4/c1-8(2)10-4-3-5-14(10)12(15)11-6-9(7-18-11)13(16)17/h6-8,10H,3-5H2,1-2H3,(H,16,17). The molecule has 1 atom stereocenters. The maximum Gasteiger partial charge on any atom is 0.338 e. The summed E-state index contributed by atoms with van der Waals surface area (Å²) >= 11 is 0. The molecular weight excluding hydrogens is 234 g/mol. The van der Waals surface area contributed by atoms with Crippen LogP contribution in [0.2, 0.25) is 0 Å². The summed E-state index contributed by atoms with van der Waals surface area (Å²) in [6.45, 7) is 4.88. The smallest absolute Gasteiger partial charge is 0.338 e. The number of rotatable bonds is 3. The van der Waals surface area contributed by atoms with Crippen molar-refractivity contribution in [2.45, 2.75) is 32.7 Å². The zero-order valence-electron chi connectivity index (χ0n) is 10.5. The van der Waals surface area contributed by atoms with Crippen LogP contribution in [-0.2, 0) is 0 Å². The first-order valence-electron chi connectivity index (χ1n) is 6.13. The highest BCUT2D eigenvalue weighted by atomic mass is 16.4. The van der Waals surface area contributed by atoms with Gasteiger partial charge in [-0.3, -0.25) is 4.79 Å². The van der Waals surface area contributed by atoms with Gasteiger partial charge in [-0.2, -0.15) is 0 Å². The lowest BCUT2D eigenvalue weighted by Gasteiger charge is -2.26. The van der Waals surface area contributed by atoms with Gasteiger partial charge in [0.05, 0.1) is 5.56 Å². The Bertz CT molecular complexity index is 463. The molecule has 0 saturated carbocycles. The second-order valence-corrected chi connectivity index (χ2v) is 4.96. The molecule has 1 saturated heterocycles. The Kier molecular flexibility index (Phi) is 3.41. The molecule has 1 amide bonds. The monoisotopic (exact) mass is 251 g/mol. The SMILES string of the molecule is CC(C)C1CCCN1C(=O)c1cc(C(=O)O)co1. The Morgan fingerprint density at radius 3 is 2.78 bits per heavy atom. The van der Waals surface area contributed by atoms with E-state index in [1.165, 1.54) is 6.07 Å². The van der Waals surface area contributed by atoms with E-state index < -0.39 is 5.97 Å². The van der Waals surface area contributed by atoms with Crippen LogP contribution in [0.3, 0.4) is 0 Å². The van der Waals surface area contributed by atoms with E-state index in [1.807, 2.05) is 0 Å². The van der Waals surface area contributed by atoms with Gasteiger partial charge in [-0.05, 0) is 18.8 Å². The first-order chi connectivity index (χ1) is 8.50. The molecule has 98 valence electrons. The van der Waals surface area contributed by atoms with Crippen LogP contribution >= 0.6 is 0 Å². The third kappa shape index (κ3) is 2.25. The molecule has 0 bridgehead atoms. The van der Waals surface area contributed by atoms with Gasteiger partial charge in [0, 0.05) is 18.7 Å². The second-order valence-electron chi connectivity index (χ2n) is 4.96. The van der Waals surface area contributed by atoms with E-state index in [4.69, 9.17) is 9.52 Å². The fourth-order valence-corrected chi connectivity index (χ4v) is 2.44. The number of nitrogens with zero attached hydrogens (tertiary/aromatic N) is 1. The predicted octanol–water partition coefficient (Wildman–Crippen LogP) is 2.24. The number of carboxylic acid groups (broad SMARTS) is 1. The van der Waals surface area contributed by atoms with Crippen molar-refractivity contribution >= 4 is 11.9 Å². The van der Waals surface area contributed by atoms with Crippen molar-refractivity contribution in [3.05, 3.63) is 23.7 Å². The number of amides is 1. The highest BCUT2D eigenvalue weighted by Crippen LogP contribution is 2.26. The predicted molar refractivity (Wildman–Crippen MR) is 64.6 cm³/mol. The number of carboxylic acids is 1. The van der Waals surface area contributed by atoms with E-state index in [0.29, 0.717) is 12.5 Å². The lowest BCUT2D eigenvalue weighted by atomic mass is 10.0. The Morgan fingerprint density at radius 1 is 1.50 bits per heavy atom. The van der Waals surface area contributed by atoms with Crippen molar-refractivity contribution in [1.82, 2.24) is 4.90 Å². The van der Waals surface area contributed by atoms with E-state index in [2.05, 4.69) is 13.8 Å². The first kappa shape index (κ1) is 12.7. The second kappa shape index (κ2) is 4.84. The minimum atomic E-state index is -1.08. The van der Waals surface area contributed by atoms with Gasteiger partial charge in [0.15, 0.2) is 5.76 Å². The number of carbonyl (C=O) groups excluding carboxylic acids is 1. The van der Waals surface area contributed by atoms with Gasteiger partial charge < -0.3 is 14.4 Å². The van der Waals surface area contributed by atoms with Gasteiger partial charge in [-0.25, -0.2) is 4.79 Å². The van der Waals surface area contributed by atoms with Crippen LogP contribution < -0.4 is 0 Å².